The van der Waals surface area contributed by atoms with Crippen LogP contribution in [0.4, 0.5) is 23.0 Å². The van der Waals surface area contributed by atoms with Crippen LogP contribution in [0.25, 0.3) is 0 Å². The van der Waals surface area contributed by atoms with E-state index in [-0.39, 0.29) is 23.8 Å². The number of nitrogens with zero attached hydrogens (tertiary/aromatic N) is 4. The molecule has 1 saturated heterocycles. The molecule has 2 aromatic rings. The molecule has 0 unspecified atom stereocenters. The van der Waals surface area contributed by atoms with Crippen molar-refractivity contribution in [3.63, 3.8) is 0 Å². The highest BCUT2D eigenvalue weighted by molar-refractivity contribution is 6.04. The van der Waals surface area contributed by atoms with Gasteiger partial charge in [-0.05, 0) is 77.2 Å². The first-order valence-electron chi connectivity index (χ1n) is 12.6. The number of benzene rings is 1. The molecule has 0 aliphatic carbocycles. The van der Waals surface area contributed by atoms with E-state index < -0.39 is 0 Å². The number of anilines is 4. The van der Waals surface area contributed by atoms with Gasteiger partial charge in [0.15, 0.2) is 11.6 Å². The molecule has 36 heavy (non-hydrogen) atoms. The zero-order valence-electron chi connectivity index (χ0n) is 21.9. The van der Waals surface area contributed by atoms with Gasteiger partial charge in [-0.3, -0.25) is 9.59 Å². The van der Waals surface area contributed by atoms with Crippen molar-refractivity contribution < 1.29 is 19.1 Å². The maximum atomic E-state index is 13.0. The van der Waals surface area contributed by atoms with Crippen molar-refractivity contribution in [2.45, 2.75) is 44.7 Å². The Morgan fingerprint density at radius 3 is 2.67 bits per heavy atom. The SMILES string of the molecule is COc1ccc(C(=O)CCCN(C)C)cc1Nc1ccc2c(n1)N(C1CCOCC1)[C@H](C)C(=O)N2C. The summed E-state index contributed by atoms with van der Waals surface area (Å²) in [7, 11) is 7.41. The molecule has 0 bridgehead atoms. The second kappa shape index (κ2) is 11.3. The molecule has 2 aliphatic heterocycles. The number of nitrogens with one attached hydrogen (secondary N) is 1. The molecule has 1 N–H and O–H groups in total. The van der Waals surface area contributed by atoms with Gasteiger partial charge in [-0.15, -0.1) is 0 Å². The Morgan fingerprint density at radius 1 is 1.22 bits per heavy atom. The second-order valence-electron chi connectivity index (χ2n) is 9.73. The molecule has 1 amide bonds. The molecular formula is C27H37N5O4. The summed E-state index contributed by atoms with van der Waals surface area (Å²) < 4.78 is 11.1. The van der Waals surface area contributed by atoms with Crippen LogP contribution in [0.3, 0.4) is 0 Å². The third-order valence-electron chi connectivity index (χ3n) is 6.94. The molecule has 2 aliphatic rings. The van der Waals surface area contributed by atoms with E-state index in [4.69, 9.17) is 14.5 Å². The fourth-order valence-corrected chi connectivity index (χ4v) is 4.93. The predicted octanol–water partition coefficient (Wildman–Crippen LogP) is 3.71. The molecule has 9 heteroatoms. The van der Waals surface area contributed by atoms with Crippen LogP contribution in [0.1, 0.15) is 43.0 Å². The third-order valence-corrected chi connectivity index (χ3v) is 6.94. The van der Waals surface area contributed by atoms with E-state index >= 15 is 0 Å². The van der Waals surface area contributed by atoms with Crippen molar-refractivity contribution >= 4 is 34.7 Å². The van der Waals surface area contributed by atoms with Crippen LogP contribution in [0.5, 0.6) is 5.75 Å². The van der Waals surface area contributed by atoms with E-state index in [0.717, 1.165) is 37.3 Å². The normalized spacial score (nSPS) is 18.4. The lowest BCUT2D eigenvalue weighted by Gasteiger charge is -2.44. The molecule has 0 saturated carbocycles. The summed E-state index contributed by atoms with van der Waals surface area (Å²) in [5, 5.41) is 3.36. The number of fused-ring (bicyclic) bond motifs is 1. The van der Waals surface area contributed by atoms with Gasteiger partial charge >= 0.3 is 0 Å². The van der Waals surface area contributed by atoms with Crippen molar-refractivity contribution in [1.82, 2.24) is 9.88 Å². The zero-order valence-corrected chi connectivity index (χ0v) is 21.9. The van der Waals surface area contributed by atoms with Gasteiger partial charge in [0.05, 0.1) is 18.5 Å². The molecule has 1 aromatic heterocycles. The molecule has 0 radical (unpaired) electrons. The molecule has 194 valence electrons. The average Bonchev–Trinajstić information content (AvgIpc) is 2.88. The molecule has 0 spiro atoms. The highest BCUT2D eigenvalue weighted by Crippen LogP contribution is 2.39. The standard InChI is InChI=1S/C27H37N5O4/c1-18-27(34)31(4)22-9-11-25(29-26(22)32(18)20-12-15-36-16-13-20)28-21-17-19(8-10-24(21)35-5)23(33)7-6-14-30(2)3/h8-11,17-18,20H,6-7,12-16H2,1-5H3,(H,28,29)/t18-/m1/s1. The fourth-order valence-electron chi connectivity index (χ4n) is 4.93. The number of rotatable bonds is 9. The van der Waals surface area contributed by atoms with E-state index in [1.807, 2.05) is 45.3 Å². The highest BCUT2D eigenvalue weighted by Gasteiger charge is 2.39. The van der Waals surface area contributed by atoms with Crippen LogP contribution in [0, 0.1) is 0 Å². The highest BCUT2D eigenvalue weighted by atomic mass is 16.5. The molecule has 1 aromatic carbocycles. The van der Waals surface area contributed by atoms with Crippen LogP contribution in [0.2, 0.25) is 0 Å². The first-order chi connectivity index (χ1) is 17.3. The average molecular weight is 496 g/mol. The van der Waals surface area contributed by atoms with E-state index in [9.17, 15) is 9.59 Å². The number of ketones is 1. The Morgan fingerprint density at radius 2 is 1.97 bits per heavy atom. The minimum Gasteiger partial charge on any atom is -0.495 e. The van der Waals surface area contributed by atoms with Crippen molar-refractivity contribution in [2.75, 3.05) is 63.1 Å². The Kier molecular flexibility index (Phi) is 8.11. The van der Waals surface area contributed by atoms with Gasteiger partial charge in [-0.2, -0.15) is 0 Å². The summed E-state index contributed by atoms with van der Waals surface area (Å²) in [5.41, 5.74) is 2.10. The summed E-state index contributed by atoms with van der Waals surface area (Å²) in [6.07, 6.45) is 3.00. The Balaban J connectivity index is 1.62. The van der Waals surface area contributed by atoms with Crippen molar-refractivity contribution in [2.24, 2.45) is 0 Å². The number of carbonyl (C=O) groups is 2. The Bertz CT molecular complexity index is 1100. The van der Waals surface area contributed by atoms with E-state index in [1.165, 1.54) is 0 Å². The summed E-state index contributed by atoms with van der Waals surface area (Å²) in [4.78, 5) is 36.6. The lowest BCUT2D eigenvalue weighted by Crippen LogP contribution is -2.56. The smallest absolute Gasteiger partial charge is 0.249 e. The second-order valence-corrected chi connectivity index (χ2v) is 9.73. The fraction of sp³-hybridized carbons (Fsp3) is 0.519. The molecule has 3 heterocycles. The van der Waals surface area contributed by atoms with Gasteiger partial charge < -0.3 is 29.5 Å². The molecule has 9 nitrogen and oxygen atoms in total. The zero-order chi connectivity index (χ0) is 25.8. The number of carbonyl (C=O) groups excluding carboxylic acids is 2. The van der Waals surface area contributed by atoms with Crippen molar-refractivity contribution in [3.05, 3.63) is 35.9 Å². The van der Waals surface area contributed by atoms with Gasteiger partial charge in [-0.25, -0.2) is 4.98 Å². The molecule has 1 atom stereocenters. The molecular weight excluding hydrogens is 458 g/mol. The minimum atomic E-state index is -0.314. The Hall–Kier alpha value is -3.17. The molecule has 1 fully saturated rings. The van der Waals surface area contributed by atoms with E-state index in [1.54, 1.807) is 25.1 Å². The number of Topliss-reactive ketones (excluding diaryl/α,β-unsaturated/α-hetero) is 1. The first kappa shape index (κ1) is 25.9. The number of amides is 1. The Labute approximate surface area is 213 Å². The van der Waals surface area contributed by atoms with Crippen LogP contribution in [0.15, 0.2) is 30.3 Å². The topological polar surface area (TPSA) is 87.2 Å². The minimum absolute atomic E-state index is 0.0543. The number of aromatic nitrogens is 1. The maximum Gasteiger partial charge on any atom is 0.249 e. The van der Waals surface area contributed by atoms with Crippen LogP contribution < -0.4 is 19.9 Å². The summed E-state index contributed by atoms with van der Waals surface area (Å²) in [5.74, 6) is 2.17. The third kappa shape index (κ3) is 5.47. The number of ether oxygens (including phenoxy) is 2. The largest absolute Gasteiger partial charge is 0.495 e. The lowest BCUT2D eigenvalue weighted by atomic mass is 10.0. The van der Waals surface area contributed by atoms with Gasteiger partial charge in [0.2, 0.25) is 5.91 Å². The monoisotopic (exact) mass is 495 g/mol. The lowest BCUT2D eigenvalue weighted by molar-refractivity contribution is -0.119. The molecule has 4 rings (SSSR count). The van der Waals surface area contributed by atoms with Crippen LogP contribution in [-0.4, -0.2) is 81.7 Å². The van der Waals surface area contributed by atoms with Crippen LogP contribution in [-0.2, 0) is 9.53 Å². The summed E-state index contributed by atoms with van der Waals surface area (Å²) in [6, 6.07) is 9.08. The van der Waals surface area contributed by atoms with E-state index in [2.05, 4.69) is 15.1 Å². The van der Waals surface area contributed by atoms with Gasteiger partial charge in [0.1, 0.15) is 17.6 Å². The maximum absolute atomic E-state index is 13.0. The number of hydrogen-bond acceptors (Lipinski definition) is 8. The van der Waals surface area contributed by atoms with Gasteiger partial charge in [-0.1, -0.05) is 0 Å². The van der Waals surface area contributed by atoms with Crippen molar-refractivity contribution in [1.29, 1.82) is 0 Å². The van der Waals surface area contributed by atoms with Gasteiger partial charge in [0, 0.05) is 38.3 Å². The van der Waals surface area contributed by atoms with Gasteiger partial charge in [0.25, 0.3) is 0 Å². The number of hydrogen-bond donors (Lipinski definition) is 1. The quantitative estimate of drug-likeness (QED) is 0.527. The summed E-state index contributed by atoms with van der Waals surface area (Å²) >= 11 is 0. The number of methoxy groups -OCH3 is 1. The predicted molar refractivity (Wildman–Crippen MR) is 142 cm³/mol. The number of likely N-dealkylation sites (N-methyl/N-ethyl adjacent to an activating group) is 1. The van der Waals surface area contributed by atoms with E-state index in [0.29, 0.717) is 42.5 Å². The first-order valence-corrected chi connectivity index (χ1v) is 12.6. The summed E-state index contributed by atoms with van der Waals surface area (Å²) in [6.45, 7) is 4.16. The van der Waals surface area contributed by atoms with Crippen LogP contribution >= 0.6 is 0 Å². The van der Waals surface area contributed by atoms with Crippen molar-refractivity contribution in [3.8, 4) is 5.75 Å². The number of pyridine rings is 1.